The topological polar surface area (TPSA) is 76.7 Å². The van der Waals surface area contributed by atoms with Crippen LogP contribution < -0.4 is 20.1 Å². The van der Waals surface area contributed by atoms with Crippen LogP contribution in [-0.2, 0) is 9.59 Å². The van der Waals surface area contributed by atoms with Gasteiger partial charge in [0.2, 0.25) is 0 Å². The maximum absolute atomic E-state index is 12.9. The van der Waals surface area contributed by atoms with Gasteiger partial charge in [0.1, 0.15) is 11.5 Å². The number of hydrogen-bond donors (Lipinski definition) is 2. The van der Waals surface area contributed by atoms with E-state index in [1.807, 2.05) is 84.9 Å². The summed E-state index contributed by atoms with van der Waals surface area (Å²) in [5, 5.41) is 6.26. The molecule has 0 radical (unpaired) electrons. The highest BCUT2D eigenvalue weighted by molar-refractivity contribution is 5.78. The van der Waals surface area contributed by atoms with Crippen LogP contribution in [-0.4, -0.2) is 37.6 Å². The van der Waals surface area contributed by atoms with Crippen LogP contribution in [0.3, 0.4) is 0 Å². The fourth-order valence-electron chi connectivity index (χ4n) is 6.55. The molecule has 1 fully saturated rings. The average molecular weight is 591 g/mol. The Morgan fingerprint density at radius 1 is 0.636 bits per heavy atom. The second-order valence-corrected chi connectivity index (χ2v) is 13.0. The van der Waals surface area contributed by atoms with Crippen LogP contribution >= 0.6 is 0 Å². The molecule has 44 heavy (non-hydrogen) atoms. The molecule has 0 aromatic heterocycles. The van der Waals surface area contributed by atoms with Crippen molar-refractivity contribution in [2.75, 3.05) is 19.8 Å². The minimum absolute atomic E-state index is 0.00316. The molecule has 1 aliphatic rings. The Balaban J connectivity index is 1.07. The molecule has 228 valence electrons. The lowest BCUT2D eigenvalue weighted by Crippen LogP contribution is -2.51. The number of ether oxygens (including phenoxy) is 2. The third kappa shape index (κ3) is 8.73. The van der Waals surface area contributed by atoms with Gasteiger partial charge in [-0.05, 0) is 76.6 Å². The van der Waals surface area contributed by atoms with Crippen LogP contribution in [0.1, 0.15) is 40.0 Å². The van der Waals surface area contributed by atoms with E-state index in [2.05, 4.69) is 55.7 Å². The molecular formula is C38H42N2O4. The summed E-state index contributed by atoms with van der Waals surface area (Å²) in [6.45, 7) is 7.05. The molecule has 0 aliphatic heterocycles. The smallest absolute Gasteiger partial charge is 0.258 e. The summed E-state index contributed by atoms with van der Waals surface area (Å²) in [6.07, 6.45) is 2.59. The maximum Gasteiger partial charge on any atom is 0.258 e. The zero-order valence-corrected chi connectivity index (χ0v) is 25.8. The molecule has 4 aromatic rings. The predicted molar refractivity (Wildman–Crippen MR) is 175 cm³/mol. The van der Waals surface area contributed by atoms with E-state index in [1.165, 1.54) is 0 Å². The summed E-state index contributed by atoms with van der Waals surface area (Å²) in [5.74, 6) is 1.01. The van der Waals surface area contributed by atoms with Gasteiger partial charge >= 0.3 is 0 Å². The summed E-state index contributed by atoms with van der Waals surface area (Å²) in [6, 6.07) is 35.8. The van der Waals surface area contributed by atoms with Crippen LogP contribution in [0.4, 0.5) is 0 Å². The molecule has 2 N–H and O–H groups in total. The van der Waals surface area contributed by atoms with Crippen LogP contribution in [0.5, 0.6) is 11.5 Å². The molecule has 6 nitrogen and oxygen atoms in total. The highest BCUT2D eigenvalue weighted by atomic mass is 16.5. The molecule has 2 amide bonds. The van der Waals surface area contributed by atoms with Crippen molar-refractivity contribution >= 4 is 11.8 Å². The number of carbonyl (C=O) groups excluding carboxylic acids is 2. The molecule has 0 bridgehead atoms. The van der Waals surface area contributed by atoms with E-state index in [0.29, 0.717) is 18.0 Å². The molecule has 2 atom stereocenters. The van der Waals surface area contributed by atoms with Gasteiger partial charge in [-0.15, -0.1) is 0 Å². The van der Waals surface area contributed by atoms with Crippen molar-refractivity contribution < 1.29 is 19.1 Å². The van der Waals surface area contributed by atoms with Gasteiger partial charge in [0, 0.05) is 12.6 Å². The Bertz CT molecular complexity index is 1520. The lowest BCUT2D eigenvalue weighted by Gasteiger charge is -2.47. The Kier molecular flexibility index (Phi) is 9.69. The molecule has 4 aromatic carbocycles. The van der Waals surface area contributed by atoms with E-state index in [1.54, 1.807) is 0 Å². The van der Waals surface area contributed by atoms with Gasteiger partial charge < -0.3 is 20.1 Å². The normalized spacial score (nSPS) is 19.0. The number of amides is 2. The fraction of sp³-hybridized carbons (Fsp3) is 0.316. The molecule has 0 heterocycles. The fourth-order valence-corrected chi connectivity index (χ4v) is 6.55. The minimum atomic E-state index is -0.166. The zero-order chi connectivity index (χ0) is 31.0. The number of hydrogen-bond acceptors (Lipinski definition) is 4. The lowest BCUT2D eigenvalue weighted by atomic mass is 9.62. The Labute approximate surface area is 260 Å². The van der Waals surface area contributed by atoms with Crippen molar-refractivity contribution in [3.8, 4) is 33.8 Å². The van der Waals surface area contributed by atoms with E-state index < -0.39 is 0 Å². The summed E-state index contributed by atoms with van der Waals surface area (Å²) < 4.78 is 11.5. The van der Waals surface area contributed by atoms with Crippen LogP contribution in [0, 0.1) is 10.8 Å². The number of rotatable bonds is 11. The van der Waals surface area contributed by atoms with Crippen molar-refractivity contribution in [1.29, 1.82) is 0 Å². The third-order valence-electron chi connectivity index (χ3n) is 8.18. The van der Waals surface area contributed by atoms with E-state index in [-0.39, 0.29) is 41.9 Å². The zero-order valence-electron chi connectivity index (χ0n) is 25.8. The van der Waals surface area contributed by atoms with E-state index >= 15 is 0 Å². The second-order valence-electron chi connectivity index (χ2n) is 13.0. The van der Waals surface area contributed by atoms with Gasteiger partial charge in [0.15, 0.2) is 13.2 Å². The first-order valence-corrected chi connectivity index (χ1v) is 15.3. The summed E-state index contributed by atoms with van der Waals surface area (Å²) in [4.78, 5) is 25.6. The molecule has 1 saturated carbocycles. The summed E-state index contributed by atoms with van der Waals surface area (Å²) in [7, 11) is 0. The monoisotopic (exact) mass is 590 g/mol. The van der Waals surface area contributed by atoms with Crippen LogP contribution in [0.15, 0.2) is 109 Å². The summed E-state index contributed by atoms with van der Waals surface area (Å²) >= 11 is 0. The second kappa shape index (κ2) is 13.8. The Morgan fingerprint density at radius 2 is 1.09 bits per heavy atom. The van der Waals surface area contributed by atoms with Crippen molar-refractivity contribution in [2.24, 2.45) is 10.8 Å². The van der Waals surface area contributed by atoms with Crippen LogP contribution in [0.2, 0.25) is 0 Å². The predicted octanol–water partition coefficient (Wildman–Crippen LogP) is 7.30. The first-order valence-electron chi connectivity index (χ1n) is 15.3. The van der Waals surface area contributed by atoms with Crippen molar-refractivity contribution in [1.82, 2.24) is 10.6 Å². The first-order chi connectivity index (χ1) is 21.2. The Hall–Kier alpha value is -4.58. The number of carbonyl (C=O) groups is 2. The largest absolute Gasteiger partial charge is 0.484 e. The van der Waals surface area contributed by atoms with Gasteiger partial charge in [-0.25, -0.2) is 0 Å². The molecular weight excluding hydrogens is 548 g/mol. The standard InChI is InChI=1S/C38H42N2O4/c1-37(2)22-32(40-36(42)25-44-34-20-16-31(17-21-34)29-12-8-5-9-13-29)23-38(3,26-37)27-39-35(41)24-43-33-18-14-30(15-19-33)28-10-6-4-7-11-28/h4-21,32H,22-27H2,1-3H3,(H,39,41)(H,40,42). The molecule has 1 aliphatic carbocycles. The lowest BCUT2D eigenvalue weighted by molar-refractivity contribution is -0.126. The minimum Gasteiger partial charge on any atom is -0.484 e. The summed E-state index contributed by atoms with van der Waals surface area (Å²) in [5.41, 5.74) is 4.32. The highest BCUT2D eigenvalue weighted by Crippen LogP contribution is 2.45. The SMILES string of the molecule is CC1(C)CC(NC(=O)COc2ccc(-c3ccccc3)cc2)CC(C)(CNC(=O)COc2ccc(-c3ccccc3)cc2)C1. The number of nitrogens with one attached hydrogen (secondary N) is 2. The number of benzene rings is 4. The third-order valence-corrected chi connectivity index (χ3v) is 8.18. The van der Waals surface area contributed by atoms with Crippen molar-refractivity contribution in [3.63, 3.8) is 0 Å². The van der Waals surface area contributed by atoms with Gasteiger partial charge in [-0.3, -0.25) is 9.59 Å². The first kappa shape index (κ1) is 30.9. The van der Waals surface area contributed by atoms with E-state index in [0.717, 1.165) is 41.5 Å². The molecule has 0 spiro atoms. The maximum atomic E-state index is 12.9. The van der Waals surface area contributed by atoms with E-state index in [9.17, 15) is 9.59 Å². The van der Waals surface area contributed by atoms with Gasteiger partial charge in [-0.1, -0.05) is 106 Å². The van der Waals surface area contributed by atoms with Crippen LogP contribution in [0.25, 0.3) is 22.3 Å². The molecule has 6 heteroatoms. The van der Waals surface area contributed by atoms with Gasteiger partial charge in [0.05, 0.1) is 0 Å². The Morgan fingerprint density at radius 3 is 1.59 bits per heavy atom. The van der Waals surface area contributed by atoms with Crippen molar-refractivity contribution in [3.05, 3.63) is 109 Å². The quantitative estimate of drug-likeness (QED) is 0.192. The van der Waals surface area contributed by atoms with E-state index in [4.69, 9.17) is 9.47 Å². The molecule has 5 rings (SSSR count). The highest BCUT2D eigenvalue weighted by Gasteiger charge is 2.41. The van der Waals surface area contributed by atoms with Gasteiger partial charge in [0.25, 0.3) is 11.8 Å². The average Bonchev–Trinajstić information content (AvgIpc) is 3.02. The van der Waals surface area contributed by atoms with Crippen molar-refractivity contribution in [2.45, 2.75) is 46.1 Å². The molecule has 0 saturated heterocycles. The van der Waals surface area contributed by atoms with Gasteiger partial charge in [-0.2, -0.15) is 0 Å². The molecule has 2 unspecified atom stereocenters.